The Hall–Kier alpha value is -4.13. The number of hydrogen-bond acceptors (Lipinski definition) is 4. The van der Waals surface area contributed by atoms with Crippen LogP contribution in [-0.4, -0.2) is 35.7 Å². The largest absolute Gasteiger partial charge is 0.481 e. The van der Waals surface area contributed by atoms with Gasteiger partial charge in [-0.3, -0.25) is 14.9 Å². The molecule has 3 N–H and O–H groups in total. The number of ether oxygens (including phenoxy) is 1. The maximum atomic E-state index is 12.9. The number of fused-ring (bicyclic) bond motifs is 3. The van der Waals surface area contributed by atoms with Crippen molar-refractivity contribution >= 4 is 23.7 Å². The summed E-state index contributed by atoms with van der Waals surface area (Å²) in [5.74, 6) is -1.99. The summed E-state index contributed by atoms with van der Waals surface area (Å²) in [7, 11) is 0. The number of nitrogens with one attached hydrogen (secondary N) is 2. The number of anilines is 1. The molecule has 178 valence electrons. The number of aliphatic carboxylic acids is 1. The zero-order valence-corrected chi connectivity index (χ0v) is 19.1. The van der Waals surface area contributed by atoms with Gasteiger partial charge in [-0.1, -0.05) is 67.1 Å². The maximum Gasteiger partial charge on any atom is 0.411 e. The molecule has 1 fully saturated rings. The first-order chi connectivity index (χ1) is 17.0. The highest BCUT2D eigenvalue weighted by atomic mass is 16.5. The number of rotatable bonds is 6. The Balaban J connectivity index is 1.26. The molecule has 0 heterocycles. The number of benzene rings is 3. The Labute approximate surface area is 203 Å². The van der Waals surface area contributed by atoms with Gasteiger partial charge in [-0.05, 0) is 47.2 Å². The van der Waals surface area contributed by atoms with Crippen LogP contribution in [-0.2, 0) is 9.53 Å². The predicted molar refractivity (Wildman–Crippen MR) is 131 cm³/mol. The molecule has 35 heavy (non-hydrogen) atoms. The number of para-hydroxylation sites is 1. The van der Waals surface area contributed by atoms with Crippen molar-refractivity contribution in [3.63, 3.8) is 0 Å². The molecule has 2 aliphatic rings. The summed E-state index contributed by atoms with van der Waals surface area (Å²) in [5.41, 5.74) is 5.09. The quantitative estimate of drug-likeness (QED) is 0.469. The minimum atomic E-state index is -0.905. The summed E-state index contributed by atoms with van der Waals surface area (Å²) in [6, 6.07) is 22.4. The molecule has 7 heteroatoms. The fourth-order valence-electron chi connectivity index (χ4n) is 5.21. The molecule has 5 rings (SSSR count). The normalized spacial score (nSPS) is 18.4. The first-order valence-corrected chi connectivity index (χ1v) is 11.8. The third-order valence-corrected chi connectivity index (χ3v) is 6.90. The Kier molecular flexibility index (Phi) is 6.23. The summed E-state index contributed by atoms with van der Waals surface area (Å²) in [6.07, 6.45) is 1.25. The number of amides is 2. The molecular weight excluding hydrogens is 444 g/mol. The van der Waals surface area contributed by atoms with Gasteiger partial charge in [-0.25, -0.2) is 4.79 Å². The smallest absolute Gasteiger partial charge is 0.411 e. The van der Waals surface area contributed by atoms with Crippen LogP contribution in [0.15, 0.2) is 72.8 Å². The molecule has 0 aromatic heterocycles. The van der Waals surface area contributed by atoms with Crippen molar-refractivity contribution in [1.29, 1.82) is 0 Å². The van der Waals surface area contributed by atoms with Gasteiger partial charge in [0.1, 0.15) is 6.61 Å². The van der Waals surface area contributed by atoms with Crippen molar-refractivity contribution in [1.82, 2.24) is 5.32 Å². The molecule has 3 aromatic carbocycles. The molecule has 7 nitrogen and oxygen atoms in total. The van der Waals surface area contributed by atoms with Gasteiger partial charge >= 0.3 is 12.1 Å². The second kappa shape index (κ2) is 9.62. The van der Waals surface area contributed by atoms with Crippen molar-refractivity contribution in [3.8, 4) is 11.1 Å². The highest BCUT2D eigenvalue weighted by molar-refractivity contribution is 6.03. The predicted octanol–water partition coefficient (Wildman–Crippen LogP) is 5.03. The number of carbonyl (C=O) groups excluding carboxylic acids is 2. The van der Waals surface area contributed by atoms with Gasteiger partial charge in [0.05, 0.1) is 17.2 Å². The molecule has 0 unspecified atom stereocenters. The van der Waals surface area contributed by atoms with E-state index in [4.69, 9.17) is 4.74 Å². The zero-order valence-electron chi connectivity index (χ0n) is 19.1. The first kappa shape index (κ1) is 22.7. The summed E-state index contributed by atoms with van der Waals surface area (Å²) in [6.45, 7) is 0.163. The van der Waals surface area contributed by atoms with E-state index in [0.717, 1.165) is 28.7 Å². The minimum absolute atomic E-state index is 0.0676. The lowest BCUT2D eigenvalue weighted by Crippen LogP contribution is -2.40. The number of carboxylic acids is 1. The molecule has 3 aromatic rings. The fourth-order valence-corrected chi connectivity index (χ4v) is 5.21. The number of carbonyl (C=O) groups is 3. The molecular formula is C28H26N2O5. The zero-order chi connectivity index (χ0) is 24.4. The van der Waals surface area contributed by atoms with Crippen LogP contribution in [0.1, 0.15) is 46.7 Å². The van der Waals surface area contributed by atoms with Gasteiger partial charge in [0, 0.05) is 12.0 Å². The minimum Gasteiger partial charge on any atom is -0.481 e. The van der Waals surface area contributed by atoms with Crippen LogP contribution < -0.4 is 10.6 Å². The van der Waals surface area contributed by atoms with Gasteiger partial charge in [0.15, 0.2) is 0 Å². The maximum absolute atomic E-state index is 12.9. The SMILES string of the molecule is O=C(Nc1ccccc1C(=O)N[C@@H]1CCC[C@@H]1C(=O)O)OCC1c2ccccc2-c2ccccc21. The van der Waals surface area contributed by atoms with Gasteiger partial charge in [-0.15, -0.1) is 0 Å². The molecule has 2 atom stereocenters. The van der Waals surface area contributed by atoms with Crippen LogP contribution in [0.4, 0.5) is 10.5 Å². The summed E-state index contributed by atoms with van der Waals surface area (Å²) in [5, 5.41) is 14.9. The van der Waals surface area contributed by atoms with E-state index in [1.165, 1.54) is 0 Å². The fraction of sp³-hybridized carbons (Fsp3) is 0.250. The Morgan fingerprint density at radius 2 is 1.49 bits per heavy atom. The number of carboxylic acid groups (broad SMARTS) is 1. The molecule has 0 radical (unpaired) electrons. The van der Waals surface area contributed by atoms with Gasteiger partial charge in [0.2, 0.25) is 0 Å². The molecule has 2 amide bonds. The summed E-state index contributed by atoms with van der Waals surface area (Å²) >= 11 is 0. The van der Waals surface area contributed by atoms with Gasteiger partial charge in [0.25, 0.3) is 5.91 Å². The van der Waals surface area contributed by atoms with E-state index in [-0.39, 0.29) is 18.1 Å². The lowest BCUT2D eigenvalue weighted by molar-refractivity contribution is -0.142. The van der Waals surface area contributed by atoms with E-state index in [1.54, 1.807) is 24.3 Å². The first-order valence-electron chi connectivity index (χ1n) is 11.8. The van der Waals surface area contributed by atoms with E-state index < -0.39 is 29.9 Å². The molecule has 0 aliphatic heterocycles. The van der Waals surface area contributed by atoms with Crippen molar-refractivity contribution in [2.24, 2.45) is 5.92 Å². The van der Waals surface area contributed by atoms with Gasteiger partial charge in [-0.2, -0.15) is 0 Å². The molecule has 1 saturated carbocycles. The monoisotopic (exact) mass is 470 g/mol. The van der Waals surface area contributed by atoms with Crippen molar-refractivity contribution in [3.05, 3.63) is 89.5 Å². The van der Waals surface area contributed by atoms with Crippen molar-refractivity contribution in [2.45, 2.75) is 31.2 Å². The van der Waals surface area contributed by atoms with Crippen LogP contribution in [0.3, 0.4) is 0 Å². The van der Waals surface area contributed by atoms with Crippen LogP contribution >= 0.6 is 0 Å². The second-order valence-corrected chi connectivity index (χ2v) is 8.95. The van der Waals surface area contributed by atoms with Crippen molar-refractivity contribution in [2.75, 3.05) is 11.9 Å². The highest BCUT2D eigenvalue weighted by Gasteiger charge is 2.34. The van der Waals surface area contributed by atoms with E-state index in [1.807, 2.05) is 36.4 Å². The average molecular weight is 471 g/mol. The molecule has 0 spiro atoms. The molecule has 0 bridgehead atoms. The third kappa shape index (κ3) is 4.49. The Morgan fingerprint density at radius 3 is 2.17 bits per heavy atom. The average Bonchev–Trinajstić information content (AvgIpc) is 3.46. The Bertz CT molecular complexity index is 1240. The van der Waals surface area contributed by atoms with Crippen molar-refractivity contribution < 1.29 is 24.2 Å². The standard InChI is InChI=1S/C28H26N2O5/c31-26(29-25-15-7-13-22(25)27(32)33)21-12-5-6-14-24(21)30-28(34)35-16-23-19-10-3-1-8-17(19)18-9-2-4-11-20(18)23/h1-6,8-12,14,22-23,25H,7,13,15-16H2,(H,29,31)(H,30,34)(H,32,33)/t22-,25+/m0/s1. The molecule has 2 aliphatic carbocycles. The Morgan fingerprint density at radius 1 is 0.857 bits per heavy atom. The van der Waals surface area contributed by atoms with Crippen LogP contribution in [0, 0.1) is 5.92 Å². The van der Waals surface area contributed by atoms with Gasteiger partial charge < -0.3 is 15.2 Å². The second-order valence-electron chi connectivity index (χ2n) is 8.95. The van der Waals surface area contributed by atoms with E-state index in [2.05, 4.69) is 22.8 Å². The van der Waals surface area contributed by atoms with E-state index in [0.29, 0.717) is 18.5 Å². The van der Waals surface area contributed by atoms with E-state index in [9.17, 15) is 19.5 Å². The lowest BCUT2D eigenvalue weighted by Gasteiger charge is -2.19. The van der Waals surface area contributed by atoms with E-state index >= 15 is 0 Å². The lowest BCUT2D eigenvalue weighted by atomic mass is 9.98. The highest BCUT2D eigenvalue weighted by Crippen LogP contribution is 2.44. The summed E-state index contributed by atoms with van der Waals surface area (Å²) in [4.78, 5) is 37.1. The summed E-state index contributed by atoms with van der Waals surface area (Å²) < 4.78 is 5.60. The van der Waals surface area contributed by atoms with Crippen LogP contribution in [0.5, 0.6) is 0 Å². The number of hydrogen-bond donors (Lipinski definition) is 3. The van der Waals surface area contributed by atoms with Crippen LogP contribution in [0.25, 0.3) is 11.1 Å². The van der Waals surface area contributed by atoms with Crippen LogP contribution in [0.2, 0.25) is 0 Å². The third-order valence-electron chi connectivity index (χ3n) is 6.90. The topological polar surface area (TPSA) is 105 Å². The molecule has 0 saturated heterocycles.